The molecule has 2 aromatic rings. The largest absolute Gasteiger partial charge is 0.320 e. The Kier molecular flexibility index (Phi) is 19.5. The SMILES string of the molecule is CCCC(CCC)c1cccc(C(CCC)CCC)c1N1C(Cl)=C(Cl)N(c2c(C(CCC)CCC)cccc2C(CCC)CCC)C1=C1NC(=O)C(Cl)C(Cl)=C1Cl. The molecule has 0 aliphatic carbocycles. The highest BCUT2D eigenvalue weighted by atomic mass is 35.5. The third kappa shape index (κ3) is 10.6. The number of anilines is 2. The number of halogens is 5. The first-order valence-corrected chi connectivity index (χ1v) is 24.1. The second-order valence-electron chi connectivity index (χ2n) is 16.1. The van der Waals surface area contributed by atoms with Crippen LogP contribution in [0.5, 0.6) is 0 Å². The smallest absolute Gasteiger partial charge is 0.248 e. The van der Waals surface area contributed by atoms with E-state index in [2.05, 4.69) is 107 Å². The van der Waals surface area contributed by atoms with E-state index in [0.29, 0.717) is 21.8 Å². The van der Waals surface area contributed by atoms with Crippen LogP contribution in [0.2, 0.25) is 0 Å². The van der Waals surface area contributed by atoms with Crippen LogP contribution in [0.1, 0.15) is 204 Å². The Hall–Kier alpha value is -1.82. The van der Waals surface area contributed by atoms with E-state index >= 15 is 0 Å². The average Bonchev–Trinajstić information content (AvgIpc) is 3.45. The number of nitrogens with one attached hydrogen (secondary N) is 1. The molecule has 0 spiro atoms. The Labute approximate surface area is 370 Å². The van der Waals surface area contributed by atoms with Gasteiger partial charge >= 0.3 is 0 Å². The fourth-order valence-electron chi connectivity index (χ4n) is 9.45. The average molecular weight is 880 g/mol. The second-order valence-corrected chi connectivity index (χ2v) is 18.1. The van der Waals surface area contributed by atoms with Crippen LogP contribution >= 0.6 is 58.0 Å². The Balaban J connectivity index is 2.29. The summed E-state index contributed by atoms with van der Waals surface area (Å²) < 4.78 is 0. The number of carbonyl (C=O) groups is 1. The van der Waals surface area contributed by atoms with Crippen LogP contribution < -0.4 is 15.1 Å². The number of alkyl halides is 1. The molecule has 2 aromatic carbocycles. The molecule has 0 radical (unpaired) electrons. The zero-order chi connectivity index (χ0) is 41.8. The lowest BCUT2D eigenvalue weighted by atomic mass is 9.82. The first-order chi connectivity index (χ1) is 27.5. The van der Waals surface area contributed by atoms with Crippen molar-refractivity contribution in [2.75, 3.05) is 9.80 Å². The van der Waals surface area contributed by atoms with Gasteiger partial charge in [-0.1, -0.05) is 190 Å². The van der Waals surface area contributed by atoms with Gasteiger partial charge in [0.2, 0.25) is 5.91 Å². The number of rotatable bonds is 22. The Morgan fingerprint density at radius 2 is 0.807 bits per heavy atom. The van der Waals surface area contributed by atoms with Crippen molar-refractivity contribution in [1.82, 2.24) is 5.32 Å². The summed E-state index contributed by atoms with van der Waals surface area (Å²) in [5, 5.41) is 3.03. The molecule has 2 aliphatic heterocycles. The van der Waals surface area contributed by atoms with Crippen molar-refractivity contribution in [1.29, 1.82) is 0 Å². The molecule has 1 amide bonds. The predicted octanol–water partition coefficient (Wildman–Crippen LogP) is 16.9. The molecule has 1 atom stereocenters. The van der Waals surface area contributed by atoms with Gasteiger partial charge in [-0.05, 0) is 97.3 Å². The van der Waals surface area contributed by atoms with Crippen molar-refractivity contribution in [2.45, 2.75) is 187 Å². The third-order valence-electron chi connectivity index (χ3n) is 11.8. The van der Waals surface area contributed by atoms with Crippen molar-refractivity contribution in [3.63, 3.8) is 0 Å². The van der Waals surface area contributed by atoms with Gasteiger partial charge in [0.1, 0.15) is 16.9 Å². The molecule has 4 rings (SSSR count). The van der Waals surface area contributed by atoms with Crippen LogP contribution in [0.4, 0.5) is 11.4 Å². The van der Waals surface area contributed by atoms with Gasteiger partial charge < -0.3 is 5.32 Å². The molecule has 1 N–H and O–H groups in total. The molecule has 57 heavy (non-hydrogen) atoms. The normalized spacial score (nSPS) is 16.6. The van der Waals surface area contributed by atoms with Gasteiger partial charge in [0, 0.05) is 0 Å². The molecule has 0 saturated heterocycles. The standard InChI is InChI=1S/C48H68Cl5N3O/c1-9-19-31(20-10-2)35-27-17-28-36(32(21-11-3)22-12-4)43(35)55-45(52)46(53)56(48(55)42-40(50)39(49)41(51)47(57)54-42)44-37(33(23-13-5)24-14-6)29-18-30-38(44)34(25-15-7)26-16-8/h17-18,27-34,41H,9-16,19-26H2,1-8H3,(H,54,57). The van der Waals surface area contributed by atoms with Crippen molar-refractivity contribution < 1.29 is 4.79 Å². The van der Waals surface area contributed by atoms with Crippen molar-refractivity contribution in [2.24, 2.45) is 0 Å². The highest BCUT2D eigenvalue weighted by Gasteiger charge is 2.45. The van der Waals surface area contributed by atoms with Gasteiger partial charge in [0.25, 0.3) is 0 Å². The number of benzene rings is 2. The maximum Gasteiger partial charge on any atom is 0.248 e. The molecule has 9 heteroatoms. The van der Waals surface area contributed by atoms with Crippen LogP contribution in [-0.4, -0.2) is 11.3 Å². The molecule has 2 heterocycles. The molecule has 4 nitrogen and oxygen atoms in total. The summed E-state index contributed by atoms with van der Waals surface area (Å²) in [7, 11) is 0. The van der Waals surface area contributed by atoms with Crippen molar-refractivity contribution >= 4 is 75.3 Å². The summed E-state index contributed by atoms with van der Waals surface area (Å²) in [5.74, 6) is 1.28. The summed E-state index contributed by atoms with van der Waals surface area (Å²) in [4.78, 5) is 18.0. The van der Waals surface area contributed by atoms with E-state index in [1.165, 1.54) is 22.3 Å². The van der Waals surface area contributed by atoms with E-state index in [1.54, 1.807) is 0 Å². The molecule has 1 unspecified atom stereocenters. The zero-order valence-electron chi connectivity index (χ0n) is 35.9. The minimum atomic E-state index is -1.12. The first-order valence-electron chi connectivity index (χ1n) is 22.2. The van der Waals surface area contributed by atoms with E-state index in [1.807, 2.05) is 0 Å². The van der Waals surface area contributed by atoms with E-state index in [9.17, 15) is 4.79 Å². The van der Waals surface area contributed by atoms with Crippen molar-refractivity contribution in [3.05, 3.63) is 90.5 Å². The van der Waals surface area contributed by atoms with Gasteiger partial charge in [-0.25, -0.2) is 0 Å². The van der Waals surface area contributed by atoms with Crippen LogP contribution in [-0.2, 0) is 4.79 Å². The van der Waals surface area contributed by atoms with E-state index in [4.69, 9.17) is 58.0 Å². The molecule has 0 fully saturated rings. The summed E-state index contributed by atoms with van der Waals surface area (Å²) in [6, 6.07) is 13.6. The molecule has 0 aromatic heterocycles. The lowest BCUT2D eigenvalue weighted by Gasteiger charge is -2.37. The third-order valence-corrected chi connectivity index (χ3v) is 14.1. The minimum Gasteiger partial charge on any atom is -0.320 e. The van der Waals surface area contributed by atoms with Crippen LogP contribution in [0, 0.1) is 0 Å². The van der Waals surface area contributed by atoms with Gasteiger partial charge in [0.05, 0.1) is 21.4 Å². The molecule has 0 saturated carbocycles. The Morgan fingerprint density at radius 1 is 0.526 bits per heavy atom. The topological polar surface area (TPSA) is 35.6 Å². The first kappa shape index (κ1) is 47.9. The molecule has 0 bridgehead atoms. The number of carbonyl (C=O) groups excluding carboxylic acids is 1. The molecular formula is C48H68Cl5N3O. The highest BCUT2D eigenvalue weighted by Crippen LogP contribution is 2.54. The number of allylic oxidation sites excluding steroid dienone is 1. The van der Waals surface area contributed by atoms with Gasteiger partial charge in [-0.2, -0.15) is 0 Å². The number of amides is 1. The van der Waals surface area contributed by atoms with E-state index < -0.39 is 11.3 Å². The fraction of sp³-hybridized carbons (Fsp3) is 0.604. The summed E-state index contributed by atoms with van der Waals surface area (Å²) in [6.07, 6.45) is 16.6. The fourth-order valence-corrected chi connectivity index (χ4v) is 10.6. The van der Waals surface area contributed by atoms with E-state index in [-0.39, 0.29) is 33.7 Å². The van der Waals surface area contributed by atoms with Crippen molar-refractivity contribution in [3.8, 4) is 0 Å². The number of para-hydroxylation sites is 2. The summed E-state index contributed by atoms with van der Waals surface area (Å²) >= 11 is 36.4. The zero-order valence-corrected chi connectivity index (χ0v) is 39.6. The highest BCUT2D eigenvalue weighted by molar-refractivity contribution is 6.49. The number of nitrogens with zero attached hydrogens (tertiary/aromatic N) is 2. The Bertz CT molecular complexity index is 1560. The van der Waals surface area contributed by atoms with E-state index in [0.717, 1.165) is 114 Å². The quantitative estimate of drug-likeness (QED) is 0.0945. The number of hydrogen-bond donors (Lipinski definition) is 1. The van der Waals surface area contributed by atoms with Crippen LogP contribution in [0.15, 0.2) is 68.3 Å². The van der Waals surface area contributed by atoms with Crippen LogP contribution in [0.25, 0.3) is 0 Å². The predicted molar refractivity (Wildman–Crippen MR) is 250 cm³/mol. The lowest BCUT2D eigenvalue weighted by Crippen LogP contribution is -2.41. The maximum absolute atomic E-state index is 13.8. The molecule has 2 aliphatic rings. The van der Waals surface area contributed by atoms with Gasteiger partial charge in [0.15, 0.2) is 10.3 Å². The van der Waals surface area contributed by atoms with Crippen LogP contribution in [0.3, 0.4) is 0 Å². The summed E-state index contributed by atoms with van der Waals surface area (Å²) in [6.45, 7) is 18.1. The Morgan fingerprint density at radius 3 is 1.07 bits per heavy atom. The monoisotopic (exact) mass is 877 g/mol. The minimum absolute atomic E-state index is 0.0833. The maximum atomic E-state index is 13.8. The lowest BCUT2D eigenvalue weighted by molar-refractivity contribution is -0.119. The summed E-state index contributed by atoms with van der Waals surface area (Å²) in [5.41, 5.74) is 7.35. The molecule has 316 valence electrons. The number of hydrogen-bond acceptors (Lipinski definition) is 3. The molecular weight excluding hydrogens is 812 g/mol. The van der Waals surface area contributed by atoms with Gasteiger partial charge in [-0.15, -0.1) is 11.6 Å². The second kappa shape index (κ2) is 23.3. The van der Waals surface area contributed by atoms with Gasteiger partial charge in [-0.3, -0.25) is 14.6 Å².